The summed E-state index contributed by atoms with van der Waals surface area (Å²) in [6.07, 6.45) is 6.84. The maximum absolute atomic E-state index is 11.0. The fourth-order valence-electron chi connectivity index (χ4n) is 3.51. The Kier molecular flexibility index (Phi) is 4.85. The van der Waals surface area contributed by atoms with Gasteiger partial charge in [-0.25, -0.2) is 0 Å². The van der Waals surface area contributed by atoms with E-state index in [1.165, 1.54) is 32.1 Å². The molecule has 1 unspecified atom stereocenters. The van der Waals surface area contributed by atoms with Crippen LogP contribution in [0, 0.1) is 5.41 Å². The van der Waals surface area contributed by atoms with Gasteiger partial charge in [-0.2, -0.15) is 0 Å². The smallest absolute Gasteiger partial charge is 0.304 e. The number of carboxylic acids is 1. The molecule has 110 valence electrons. The van der Waals surface area contributed by atoms with Crippen molar-refractivity contribution in [3.05, 3.63) is 0 Å². The molecule has 1 aliphatic heterocycles. The number of carbonyl (C=O) groups is 1. The molecule has 2 rings (SSSR count). The molecule has 0 aromatic rings. The lowest BCUT2D eigenvalue weighted by atomic mass is 9.89. The number of rotatable bonds is 3. The topological polar surface area (TPSA) is 52.6 Å². The first-order valence-electron chi connectivity index (χ1n) is 7.65. The highest BCUT2D eigenvalue weighted by Crippen LogP contribution is 2.28. The first-order chi connectivity index (χ1) is 8.96. The number of aliphatic carboxylic acids is 1. The van der Waals surface area contributed by atoms with Crippen LogP contribution in [-0.4, -0.2) is 47.7 Å². The molecule has 1 atom stereocenters. The molecule has 1 saturated carbocycles. The molecule has 0 aromatic heterocycles. The summed E-state index contributed by atoms with van der Waals surface area (Å²) in [4.78, 5) is 13.5. The molecule has 0 aromatic carbocycles. The Morgan fingerprint density at radius 1 is 1.32 bits per heavy atom. The van der Waals surface area contributed by atoms with Gasteiger partial charge in [0, 0.05) is 31.7 Å². The molecule has 2 aliphatic rings. The molecule has 19 heavy (non-hydrogen) atoms. The van der Waals surface area contributed by atoms with Crippen molar-refractivity contribution in [2.45, 2.75) is 64.5 Å². The van der Waals surface area contributed by atoms with Gasteiger partial charge < -0.3 is 10.4 Å². The SMILES string of the molecule is CC1(C)CNC(CC(=O)O)CN(C2CCCCC2)C1. The zero-order valence-electron chi connectivity index (χ0n) is 12.3. The molecule has 0 amide bonds. The van der Waals surface area contributed by atoms with Crippen LogP contribution in [0.25, 0.3) is 0 Å². The van der Waals surface area contributed by atoms with Crippen LogP contribution in [0.2, 0.25) is 0 Å². The zero-order valence-corrected chi connectivity index (χ0v) is 12.3. The maximum atomic E-state index is 11.0. The summed E-state index contributed by atoms with van der Waals surface area (Å²) in [5, 5.41) is 12.5. The molecular weight excluding hydrogens is 240 g/mol. The fourth-order valence-corrected chi connectivity index (χ4v) is 3.51. The van der Waals surface area contributed by atoms with Crippen LogP contribution in [0.3, 0.4) is 0 Å². The van der Waals surface area contributed by atoms with Gasteiger partial charge in [-0.1, -0.05) is 33.1 Å². The predicted molar refractivity (Wildman–Crippen MR) is 76.3 cm³/mol. The van der Waals surface area contributed by atoms with Gasteiger partial charge in [-0.15, -0.1) is 0 Å². The Morgan fingerprint density at radius 3 is 2.63 bits per heavy atom. The van der Waals surface area contributed by atoms with E-state index < -0.39 is 5.97 Å². The summed E-state index contributed by atoms with van der Waals surface area (Å²) in [5.41, 5.74) is 0.227. The summed E-state index contributed by atoms with van der Waals surface area (Å²) in [6, 6.07) is 0.769. The second kappa shape index (κ2) is 6.23. The van der Waals surface area contributed by atoms with Gasteiger partial charge >= 0.3 is 5.97 Å². The molecule has 0 radical (unpaired) electrons. The standard InChI is InChI=1S/C15H28N2O2/c1-15(2)10-16-12(8-14(18)19)9-17(11-15)13-6-4-3-5-7-13/h12-13,16H,3-11H2,1-2H3,(H,18,19). The van der Waals surface area contributed by atoms with Gasteiger partial charge in [0.2, 0.25) is 0 Å². The van der Waals surface area contributed by atoms with Crippen LogP contribution >= 0.6 is 0 Å². The average molecular weight is 268 g/mol. The van der Waals surface area contributed by atoms with E-state index >= 15 is 0 Å². The quantitative estimate of drug-likeness (QED) is 0.823. The third-order valence-electron chi connectivity index (χ3n) is 4.47. The fraction of sp³-hybridized carbons (Fsp3) is 0.933. The number of carboxylic acid groups (broad SMARTS) is 1. The van der Waals surface area contributed by atoms with Gasteiger partial charge in [-0.05, 0) is 18.3 Å². The summed E-state index contributed by atoms with van der Waals surface area (Å²) in [7, 11) is 0. The van der Waals surface area contributed by atoms with Crippen LogP contribution in [-0.2, 0) is 4.79 Å². The van der Waals surface area contributed by atoms with E-state index in [0.29, 0.717) is 6.04 Å². The molecule has 4 heteroatoms. The highest BCUT2D eigenvalue weighted by molar-refractivity contribution is 5.67. The Hall–Kier alpha value is -0.610. The Labute approximate surface area is 116 Å². The third kappa shape index (κ3) is 4.46. The number of hydrogen-bond donors (Lipinski definition) is 2. The second-order valence-electron chi connectivity index (χ2n) is 7.06. The first-order valence-corrected chi connectivity index (χ1v) is 7.65. The van der Waals surface area contributed by atoms with Gasteiger partial charge in [-0.3, -0.25) is 9.69 Å². The largest absolute Gasteiger partial charge is 0.481 e. The first kappa shape index (κ1) is 14.8. The summed E-state index contributed by atoms with van der Waals surface area (Å²) >= 11 is 0. The van der Waals surface area contributed by atoms with E-state index in [4.69, 9.17) is 5.11 Å². The van der Waals surface area contributed by atoms with Gasteiger partial charge in [0.05, 0.1) is 6.42 Å². The molecule has 4 nitrogen and oxygen atoms in total. The van der Waals surface area contributed by atoms with Gasteiger partial charge in [0.25, 0.3) is 0 Å². The maximum Gasteiger partial charge on any atom is 0.304 e. The van der Waals surface area contributed by atoms with Crippen LogP contribution in [0.15, 0.2) is 0 Å². The molecule has 1 heterocycles. The molecule has 0 bridgehead atoms. The highest BCUT2D eigenvalue weighted by atomic mass is 16.4. The van der Waals surface area contributed by atoms with E-state index in [1.54, 1.807) is 0 Å². The molecule has 1 aliphatic carbocycles. The summed E-state index contributed by atoms with van der Waals surface area (Å²) < 4.78 is 0. The number of hydrogen-bond acceptors (Lipinski definition) is 3. The van der Waals surface area contributed by atoms with Crippen molar-refractivity contribution >= 4 is 5.97 Å². The minimum Gasteiger partial charge on any atom is -0.481 e. The van der Waals surface area contributed by atoms with Crippen molar-refractivity contribution in [1.29, 1.82) is 0 Å². The van der Waals surface area contributed by atoms with Crippen molar-refractivity contribution in [3.8, 4) is 0 Å². The van der Waals surface area contributed by atoms with Crippen molar-refractivity contribution < 1.29 is 9.90 Å². The van der Waals surface area contributed by atoms with Crippen molar-refractivity contribution in [1.82, 2.24) is 10.2 Å². The lowest BCUT2D eigenvalue weighted by Crippen LogP contribution is -2.45. The van der Waals surface area contributed by atoms with Crippen LogP contribution in [0.5, 0.6) is 0 Å². The van der Waals surface area contributed by atoms with Crippen molar-refractivity contribution in [3.63, 3.8) is 0 Å². The van der Waals surface area contributed by atoms with Gasteiger partial charge in [0.1, 0.15) is 0 Å². The predicted octanol–water partition coefficient (Wildman–Crippen LogP) is 2.09. The van der Waals surface area contributed by atoms with Crippen LogP contribution < -0.4 is 5.32 Å². The average Bonchev–Trinajstić information content (AvgIpc) is 2.49. The summed E-state index contributed by atoms with van der Waals surface area (Å²) in [5.74, 6) is -0.694. The minimum absolute atomic E-state index is 0.0983. The molecule has 2 N–H and O–H groups in total. The Bertz CT molecular complexity index is 311. The van der Waals surface area contributed by atoms with Crippen molar-refractivity contribution in [2.24, 2.45) is 5.41 Å². The monoisotopic (exact) mass is 268 g/mol. The van der Waals surface area contributed by atoms with E-state index in [-0.39, 0.29) is 17.9 Å². The third-order valence-corrected chi connectivity index (χ3v) is 4.47. The lowest BCUT2D eigenvalue weighted by molar-refractivity contribution is -0.137. The molecule has 1 saturated heterocycles. The number of nitrogens with one attached hydrogen (secondary N) is 1. The molecule has 2 fully saturated rings. The van der Waals surface area contributed by atoms with E-state index in [9.17, 15) is 4.79 Å². The van der Waals surface area contributed by atoms with Gasteiger partial charge in [0.15, 0.2) is 0 Å². The second-order valence-corrected chi connectivity index (χ2v) is 7.06. The summed E-state index contributed by atoms with van der Waals surface area (Å²) in [6.45, 7) is 7.44. The molecular formula is C15H28N2O2. The zero-order chi connectivity index (χ0) is 13.9. The highest BCUT2D eigenvalue weighted by Gasteiger charge is 2.33. The van der Waals surface area contributed by atoms with Crippen LogP contribution in [0.4, 0.5) is 0 Å². The Morgan fingerprint density at radius 2 is 2.00 bits per heavy atom. The van der Waals surface area contributed by atoms with E-state index in [1.807, 2.05) is 0 Å². The Balaban J connectivity index is 2.02. The normalized spacial score (nSPS) is 29.9. The number of nitrogens with zero attached hydrogens (tertiary/aromatic N) is 1. The van der Waals surface area contributed by atoms with Crippen LogP contribution in [0.1, 0.15) is 52.4 Å². The molecule has 0 spiro atoms. The van der Waals surface area contributed by atoms with Crippen molar-refractivity contribution in [2.75, 3.05) is 19.6 Å². The van der Waals surface area contributed by atoms with E-state index in [2.05, 4.69) is 24.1 Å². The minimum atomic E-state index is -0.694. The lowest BCUT2D eigenvalue weighted by Gasteiger charge is -2.37. The van der Waals surface area contributed by atoms with E-state index in [0.717, 1.165) is 19.6 Å².